The summed E-state index contributed by atoms with van der Waals surface area (Å²) in [7, 11) is 3.31. The molecule has 0 aromatic carbocycles. The fourth-order valence-corrected chi connectivity index (χ4v) is 2.15. The molecule has 0 aromatic rings. The van der Waals surface area contributed by atoms with Crippen LogP contribution in [0.2, 0.25) is 0 Å². The summed E-state index contributed by atoms with van der Waals surface area (Å²) in [5.41, 5.74) is 2.61. The maximum atomic E-state index is 5.48. The van der Waals surface area contributed by atoms with E-state index in [1.54, 1.807) is 14.2 Å². The highest BCUT2D eigenvalue weighted by Gasteiger charge is 2.14. The smallest absolute Gasteiger partial charge is 0.206 e. The van der Waals surface area contributed by atoms with Gasteiger partial charge in [0.15, 0.2) is 0 Å². The minimum absolute atomic E-state index is 0.0356. The molecule has 0 heterocycles. The fraction of sp³-hybridized carbons (Fsp3) is 0.917. The maximum absolute atomic E-state index is 5.48. The third-order valence-corrected chi connectivity index (χ3v) is 3.22. The Kier molecular flexibility index (Phi) is 7.71. The Bertz CT molecular complexity index is 242. The topological polar surface area (TPSA) is 80.9 Å². The van der Waals surface area contributed by atoms with Gasteiger partial charge in [0.05, 0.1) is 13.2 Å². The van der Waals surface area contributed by atoms with Gasteiger partial charge in [0.25, 0.3) is 0 Å². The maximum Gasteiger partial charge on any atom is 0.206 e. The molecule has 1 rings (SSSR count). The van der Waals surface area contributed by atoms with E-state index in [4.69, 9.17) is 15.3 Å². The van der Waals surface area contributed by atoms with Gasteiger partial charge < -0.3 is 14.8 Å². The van der Waals surface area contributed by atoms with E-state index in [1.165, 1.54) is 32.1 Å². The number of hydrogen-bond donors (Lipinski definition) is 3. The van der Waals surface area contributed by atoms with Crippen LogP contribution >= 0.6 is 0 Å². The number of methoxy groups -OCH3 is 2. The number of guanidine groups is 1. The molecule has 1 fully saturated rings. The molecule has 0 aromatic heterocycles. The number of aliphatic imine (C=N–C) groups is 1. The van der Waals surface area contributed by atoms with Crippen LogP contribution in [0.5, 0.6) is 0 Å². The van der Waals surface area contributed by atoms with Crippen LogP contribution in [-0.2, 0) is 9.47 Å². The van der Waals surface area contributed by atoms with E-state index in [9.17, 15) is 0 Å². The zero-order valence-electron chi connectivity index (χ0n) is 11.4. The van der Waals surface area contributed by atoms with E-state index in [2.05, 4.69) is 15.7 Å². The Labute approximate surface area is 109 Å². The van der Waals surface area contributed by atoms with Crippen molar-refractivity contribution in [3.05, 3.63) is 0 Å². The predicted octanol–water partition coefficient (Wildman–Crippen LogP) is 0.389. The third kappa shape index (κ3) is 5.66. The van der Waals surface area contributed by atoms with Crippen LogP contribution in [0, 0.1) is 0 Å². The Balaban J connectivity index is 2.37. The van der Waals surface area contributed by atoms with Crippen LogP contribution in [0.4, 0.5) is 0 Å². The first-order chi connectivity index (χ1) is 8.80. The molecule has 1 aliphatic rings. The van der Waals surface area contributed by atoms with Crippen LogP contribution in [0.25, 0.3) is 0 Å². The number of nitrogens with one attached hydrogen (secondary N) is 2. The van der Waals surface area contributed by atoms with Crippen molar-refractivity contribution in [2.24, 2.45) is 10.8 Å². The zero-order valence-corrected chi connectivity index (χ0v) is 11.4. The molecule has 0 aliphatic heterocycles. The van der Waals surface area contributed by atoms with Crippen LogP contribution in [0.3, 0.4) is 0 Å². The van der Waals surface area contributed by atoms with E-state index in [0.29, 0.717) is 25.2 Å². The lowest BCUT2D eigenvalue weighted by Gasteiger charge is -2.24. The summed E-state index contributed by atoms with van der Waals surface area (Å²) in [6.45, 7) is 1.06. The van der Waals surface area contributed by atoms with Crippen molar-refractivity contribution >= 4 is 5.96 Å². The Morgan fingerprint density at radius 2 is 2.06 bits per heavy atom. The Morgan fingerprint density at radius 1 is 1.33 bits per heavy atom. The molecule has 0 spiro atoms. The van der Waals surface area contributed by atoms with Gasteiger partial charge in [-0.1, -0.05) is 19.3 Å². The minimum Gasteiger partial charge on any atom is -0.382 e. The average molecular weight is 258 g/mol. The monoisotopic (exact) mass is 258 g/mol. The lowest BCUT2D eigenvalue weighted by molar-refractivity contribution is 0.0343. The molecule has 0 saturated heterocycles. The molecule has 0 bridgehead atoms. The summed E-state index contributed by atoms with van der Waals surface area (Å²) in [5.74, 6) is 6.12. The van der Waals surface area contributed by atoms with E-state index in [1.807, 2.05) is 0 Å². The van der Waals surface area contributed by atoms with Gasteiger partial charge in [-0.05, 0) is 12.8 Å². The van der Waals surface area contributed by atoms with Crippen LogP contribution < -0.4 is 16.6 Å². The molecule has 6 nitrogen and oxygen atoms in total. The highest BCUT2D eigenvalue weighted by Crippen LogP contribution is 2.17. The summed E-state index contributed by atoms with van der Waals surface area (Å²) in [4.78, 5) is 4.39. The number of nitrogens with zero attached hydrogens (tertiary/aromatic N) is 1. The summed E-state index contributed by atoms with van der Waals surface area (Å²) in [6.07, 6.45) is 6.23. The number of hydrogen-bond acceptors (Lipinski definition) is 4. The van der Waals surface area contributed by atoms with Crippen molar-refractivity contribution in [2.45, 2.75) is 44.2 Å². The largest absolute Gasteiger partial charge is 0.382 e. The predicted molar refractivity (Wildman–Crippen MR) is 72.3 cm³/mol. The lowest BCUT2D eigenvalue weighted by Crippen LogP contribution is -2.47. The quantitative estimate of drug-likeness (QED) is 0.278. The summed E-state index contributed by atoms with van der Waals surface area (Å²) in [6, 6.07) is 0.483. The second-order valence-corrected chi connectivity index (χ2v) is 4.63. The molecule has 1 saturated carbocycles. The van der Waals surface area contributed by atoms with Gasteiger partial charge >= 0.3 is 0 Å². The molecule has 1 unspecified atom stereocenters. The number of nitrogens with two attached hydrogens (primary N) is 1. The van der Waals surface area contributed by atoms with Crippen molar-refractivity contribution in [1.82, 2.24) is 10.7 Å². The molecule has 0 amide bonds. The van der Waals surface area contributed by atoms with Crippen LogP contribution in [0.15, 0.2) is 4.99 Å². The van der Waals surface area contributed by atoms with Crippen LogP contribution in [-0.4, -0.2) is 45.5 Å². The normalized spacial score (nSPS) is 19.6. The SMILES string of the molecule is COCC(CN=C(NN)NC1CCCCC1)OC. The minimum atomic E-state index is -0.0356. The molecule has 1 atom stereocenters. The van der Waals surface area contributed by atoms with Gasteiger partial charge in [-0.25, -0.2) is 10.8 Å². The van der Waals surface area contributed by atoms with Crippen molar-refractivity contribution < 1.29 is 9.47 Å². The van der Waals surface area contributed by atoms with Gasteiger partial charge in [0.2, 0.25) is 5.96 Å². The molecule has 1 aliphatic carbocycles. The van der Waals surface area contributed by atoms with Crippen molar-refractivity contribution in [1.29, 1.82) is 0 Å². The van der Waals surface area contributed by atoms with Gasteiger partial charge in [0.1, 0.15) is 6.10 Å². The molecular weight excluding hydrogens is 232 g/mol. The Morgan fingerprint density at radius 3 is 2.61 bits per heavy atom. The number of rotatable bonds is 6. The highest BCUT2D eigenvalue weighted by atomic mass is 16.5. The standard InChI is InChI=1S/C12H26N4O2/c1-17-9-11(18-2)8-14-12(16-13)15-10-6-4-3-5-7-10/h10-11H,3-9,13H2,1-2H3,(H2,14,15,16). The first kappa shape index (κ1) is 15.2. The molecule has 6 heteroatoms. The second-order valence-electron chi connectivity index (χ2n) is 4.63. The van der Waals surface area contributed by atoms with E-state index >= 15 is 0 Å². The summed E-state index contributed by atoms with van der Waals surface area (Å²) in [5, 5.41) is 3.34. The van der Waals surface area contributed by atoms with E-state index in [-0.39, 0.29) is 6.10 Å². The van der Waals surface area contributed by atoms with Gasteiger partial charge in [-0.2, -0.15) is 0 Å². The highest BCUT2D eigenvalue weighted by molar-refractivity contribution is 5.79. The first-order valence-electron chi connectivity index (χ1n) is 6.59. The average Bonchev–Trinajstić information content (AvgIpc) is 2.43. The van der Waals surface area contributed by atoms with E-state index in [0.717, 1.165) is 0 Å². The molecule has 0 radical (unpaired) electrons. The van der Waals surface area contributed by atoms with Crippen molar-refractivity contribution in [2.75, 3.05) is 27.4 Å². The van der Waals surface area contributed by atoms with E-state index < -0.39 is 0 Å². The summed E-state index contributed by atoms with van der Waals surface area (Å²) >= 11 is 0. The fourth-order valence-electron chi connectivity index (χ4n) is 2.15. The Hall–Kier alpha value is -0.850. The van der Waals surface area contributed by atoms with Crippen molar-refractivity contribution in [3.8, 4) is 0 Å². The lowest BCUT2D eigenvalue weighted by atomic mass is 9.96. The number of ether oxygens (including phenoxy) is 2. The summed E-state index contributed by atoms with van der Waals surface area (Å²) < 4.78 is 10.3. The first-order valence-corrected chi connectivity index (χ1v) is 6.59. The number of hydrazine groups is 1. The zero-order chi connectivity index (χ0) is 13.2. The third-order valence-electron chi connectivity index (χ3n) is 3.22. The van der Waals surface area contributed by atoms with Gasteiger partial charge in [-0.15, -0.1) is 0 Å². The van der Waals surface area contributed by atoms with Gasteiger partial charge in [0, 0.05) is 20.3 Å². The molecule has 18 heavy (non-hydrogen) atoms. The molecular formula is C12H26N4O2. The van der Waals surface area contributed by atoms with Crippen molar-refractivity contribution in [3.63, 3.8) is 0 Å². The molecule has 4 N–H and O–H groups in total. The van der Waals surface area contributed by atoms with Gasteiger partial charge in [-0.3, -0.25) is 5.43 Å². The molecule has 106 valence electrons. The van der Waals surface area contributed by atoms with Crippen LogP contribution in [0.1, 0.15) is 32.1 Å². The second kappa shape index (κ2) is 9.13.